The Morgan fingerprint density at radius 1 is 1.06 bits per heavy atom. The van der Waals surface area contributed by atoms with Crippen LogP contribution in [0.1, 0.15) is 59.4 Å². The number of carbonyl (C=O) groups excluding carboxylic acids is 3. The van der Waals surface area contributed by atoms with E-state index in [0.717, 1.165) is 37.7 Å². The van der Waals surface area contributed by atoms with Gasteiger partial charge in [-0.3, -0.25) is 24.3 Å². The topological polar surface area (TPSA) is 91.4 Å². The summed E-state index contributed by atoms with van der Waals surface area (Å²) in [4.78, 5) is 45.9. The van der Waals surface area contributed by atoms with E-state index in [1.54, 1.807) is 36.7 Å². The molecule has 3 aromatic rings. The number of nitrogens with zero attached hydrogens (tertiary/aromatic N) is 2. The summed E-state index contributed by atoms with van der Waals surface area (Å²) in [6.45, 7) is 1.83. The van der Waals surface area contributed by atoms with Crippen LogP contribution in [0.15, 0.2) is 66.3 Å². The zero-order valence-corrected chi connectivity index (χ0v) is 20.6. The van der Waals surface area contributed by atoms with E-state index in [0.29, 0.717) is 16.1 Å². The molecule has 1 aliphatic carbocycles. The van der Waals surface area contributed by atoms with Gasteiger partial charge in [-0.15, -0.1) is 11.3 Å². The summed E-state index contributed by atoms with van der Waals surface area (Å²) in [6.07, 6.45) is 8.14. The van der Waals surface area contributed by atoms with Gasteiger partial charge in [-0.2, -0.15) is 0 Å². The zero-order chi connectivity index (χ0) is 24.6. The number of benzene rings is 1. The van der Waals surface area contributed by atoms with Gasteiger partial charge in [0.2, 0.25) is 11.8 Å². The van der Waals surface area contributed by atoms with Crippen molar-refractivity contribution in [2.45, 2.75) is 51.1 Å². The van der Waals surface area contributed by atoms with Gasteiger partial charge in [0, 0.05) is 24.1 Å². The molecule has 1 aliphatic rings. The fourth-order valence-electron chi connectivity index (χ4n) is 4.38. The fraction of sp³-hybridized carbons (Fsp3) is 0.333. The molecule has 0 saturated heterocycles. The number of aryl methyl sites for hydroxylation is 1. The molecule has 1 atom stereocenters. The minimum absolute atomic E-state index is 0.102. The number of thiophene rings is 1. The van der Waals surface area contributed by atoms with Gasteiger partial charge < -0.3 is 10.6 Å². The van der Waals surface area contributed by atoms with Gasteiger partial charge in [-0.25, -0.2) is 0 Å². The first-order chi connectivity index (χ1) is 17.1. The largest absolute Gasteiger partial charge is 0.351 e. The van der Waals surface area contributed by atoms with Gasteiger partial charge in [-0.05, 0) is 66.1 Å². The maximum Gasteiger partial charge on any atom is 0.261 e. The first kappa shape index (κ1) is 24.6. The number of aromatic nitrogens is 1. The number of anilines is 1. The molecule has 35 heavy (non-hydrogen) atoms. The molecule has 3 amide bonds. The monoisotopic (exact) mass is 490 g/mol. The standard InChI is InChI=1S/C27H30N4O3S/c1-2-19-9-11-22(12-10-19)31(24(32)18-29-26(33)23-8-5-17-35-23)25(20-13-15-28-16-14-20)27(34)30-21-6-3-4-7-21/h5,8-17,21,25H,2-4,6-7,18H2,1H3,(H,29,33)(H,30,34). The molecule has 1 fully saturated rings. The Labute approximate surface area is 209 Å². The maximum atomic E-state index is 13.7. The van der Waals surface area contributed by atoms with E-state index in [1.807, 2.05) is 29.6 Å². The van der Waals surface area contributed by atoms with Crippen molar-refractivity contribution in [1.82, 2.24) is 15.6 Å². The lowest BCUT2D eigenvalue weighted by Crippen LogP contribution is -2.49. The van der Waals surface area contributed by atoms with Crippen LogP contribution in [0, 0.1) is 0 Å². The third-order valence-electron chi connectivity index (χ3n) is 6.27. The number of nitrogens with one attached hydrogen (secondary N) is 2. The van der Waals surface area contributed by atoms with E-state index >= 15 is 0 Å². The Balaban J connectivity index is 1.66. The number of hydrogen-bond donors (Lipinski definition) is 2. The van der Waals surface area contributed by atoms with E-state index in [2.05, 4.69) is 22.5 Å². The molecule has 1 saturated carbocycles. The van der Waals surface area contributed by atoms with Crippen molar-refractivity contribution in [3.63, 3.8) is 0 Å². The highest BCUT2D eigenvalue weighted by Gasteiger charge is 2.34. The van der Waals surface area contributed by atoms with E-state index < -0.39 is 6.04 Å². The second-order valence-electron chi connectivity index (χ2n) is 8.62. The van der Waals surface area contributed by atoms with Gasteiger partial charge in [0.1, 0.15) is 6.04 Å². The molecule has 0 spiro atoms. The molecule has 0 aliphatic heterocycles. The summed E-state index contributed by atoms with van der Waals surface area (Å²) < 4.78 is 0. The molecule has 4 rings (SSSR count). The van der Waals surface area contributed by atoms with Crippen LogP contribution in [0.25, 0.3) is 0 Å². The first-order valence-electron chi connectivity index (χ1n) is 12.0. The van der Waals surface area contributed by atoms with E-state index in [4.69, 9.17) is 0 Å². The van der Waals surface area contributed by atoms with Crippen LogP contribution in [-0.2, 0) is 16.0 Å². The Bertz CT molecular complexity index is 1130. The quantitative estimate of drug-likeness (QED) is 0.469. The molecule has 8 heteroatoms. The molecule has 2 N–H and O–H groups in total. The summed E-state index contributed by atoms with van der Waals surface area (Å²) in [5.41, 5.74) is 2.39. The SMILES string of the molecule is CCc1ccc(N(C(=O)CNC(=O)c2cccs2)C(C(=O)NC2CCCC2)c2ccncc2)cc1. The number of pyridine rings is 1. The van der Waals surface area contributed by atoms with Crippen molar-refractivity contribution < 1.29 is 14.4 Å². The predicted molar refractivity (Wildman–Crippen MR) is 137 cm³/mol. The van der Waals surface area contributed by atoms with Crippen LogP contribution in [0.3, 0.4) is 0 Å². The molecule has 0 bridgehead atoms. The highest BCUT2D eigenvalue weighted by Crippen LogP contribution is 2.29. The Morgan fingerprint density at radius 3 is 2.40 bits per heavy atom. The van der Waals surface area contributed by atoms with Crippen molar-refractivity contribution in [2.24, 2.45) is 0 Å². The highest BCUT2D eigenvalue weighted by atomic mass is 32.1. The highest BCUT2D eigenvalue weighted by molar-refractivity contribution is 7.12. The summed E-state index contributed by atoms with van der Waals surface area (Å²) >= 11 is 1.31. The second kappa shape index (κ2) is 11.8. The van der Waals surface area contributed by atoms with Crippen LogP contribution in [0.4, 0.5) is 5.69 Å². The molecule has 1 aromatic carbocycles. The van der Waals surface area contributed by atoms with Crippen LogP contribution >= 0.6 is 11.3 Å². The predicted octanol–water partition coefficient (Wildman–Crippen LogP) is 4.27. The van der Waals surface area contributed by atoms with Crippen molar-refractivity contribution in [1.29, 1.82) is 0 Å². The molecular formula is C27H30N4O3S. The van der Waals surface area contributed by atoms with E-state index in [1.165, 1.54) is 16.2 Å². The minimum Gasteiger partial charge on any atom is -0.351 e. The summed E-state index contributed by atoms with van der Waals surface area (Å²) in [7, 11) is 0. The summed E-state index contributed by atoms with van der Waals surface area (Å²) in [5.74, 6) is -0.923. The molecule has 0 radical (unpaired) electrons. The van der Waals surface area contributed by atoms with Crippen LogP contribution < -0.4 is 15.5 Å². The maximum absolute atomic E-state index is 13.7. The zero-order valence-electron chi connectivity index (χ0n) is 19.8. The molecule has 1 unspecified atom stereocenters. The van der Waals surface area contributed by atoms with Crippen LogP contribution in [-0.4, -0.2) is 35.3 Å². The lowest BCUT2D eigenvalue weighted by molar-refractivity contribution is -0.126. The lowest BCUT2D eigenvalue weighted by Gasteiger charge is -2.32. The van der Waals surface area contributed by atoms with Crippen molar-refractivity contribution >= 4 is 34.7 Å². The molecular weight excluding hydrogens is 460 g/mol. The normalized spacial score (nSPS) is 14.3. The van der Waals surface area contributed by atoms with Gasteiger partial charge in [-0.1, -0.05) is 38.0 Å². The van der Waals surface area contributed by atoms with Crippen LogP contribution in [0.2, 0.25) is 0 Å². The first-order valence-corrected chi connectivity index (χ1v) is 12.9. The van der Waals surface area contributed by atoms with Crippen molar-refractivity contribution in [3.05, 3.63) is 82.3 Å². The van der Waals surface area contributed by atoms with Gasteiger partial charge >= 0.3 is 0 Å². The number of hydrogen-bond acceptors (Lipinski definition) is 5. The Morgan fingerprint density at radius 2 is 1.77 bits per heavy atom. The van der Waals surface area contributed by atoms with Gasteiger partial charge in [0.15, 0.2) is 0 Å². The fourth-order valence-corrected chi connectivity index (χ4v) is 5.02. The molecule has 2 aromatic heterocycles. The summed E-state index contributed by atoms with van der Waals surface area (Å²) in [6, 6.07) is 13.8. The Hall–Kier alpha value is -3.52. The van der Waals surface area contributed by atoms with Crippen molar-refractivity contribution in [3.8, 4) is 0 Å². The number of rotatable bonds is 9. The summed E-state index contributed by atoms with van der Waals surface area (Å²) in [5, 5.41) is 7.68. The number of amides is 3. The van der Waals surface area contributed by atoms with Gasteiger partial charge in [0.05, 0.1) is 11.4 Å². The average Bonchev–Trinajstić information content (AvgIpc) is 3.61. The van der Waals surface area contributed by atoms with E-state index in [-0.39, 0.29) is 30.3 Å². The van der Waals surface area contributed by atoms with Crippen molar-refractivity contribution in [2.75, 3.05) is 11.4 Å². The van der Waals surface area contributed by atoms with E-state index in [9.17, 15) is 14.4 Å². The average molecular weight is 491 g/mol. The smallest absolute Gasteiger partial charge is 0.261 e. The van der Waals surface area contributed by atoms with Gasteiger partial charge in [0.25, 0.3) is 5.91 Å². The minimum atomic E-state index is -0.891. The number of carbonyl (C=O) groups is 3. The Kier molecular flexibility index (Phi) is 8.26. The molecule has 7 nitrogen and oxygen atoms in total. The molecule has 182 valence electrons. The third-order valence-corrected chi connectivity index (χ3v) is 7.14. The third kappa shape index (κ3) is 6.14. The second-order valence-corrected chi connectivity index (χ2v) is 9.56. The van der Waals surface area contributed by atoms with Crippen LogP contribution in [0.5, 0.6) is 0 Å². The lowest BCUT2D eigenvalue weighted by atomic mass is 10.0. The molecule has 2 heterocycles.